The average Bonchev–Trinajstić information content (AvgIpc) is 2.24. The van der Waals surface area contributed by atoms with E-state index in [1.807, 2.05) is 41.5 Å². The number of aromatic hydroxyl groups is 1. The van der Waals surface area contributed by atoms with Gasteiger partial charge in [0.1, 0.15) is 5.75 Å². The summed E-state index contributed by atoms with van der Waals surface area (Å²) in [6.07, 6.45) is 0. The van der Waals surface area contributed by atoms with E-state index in [2.05, 4.69) is 10.1 Å². The molecule has 0 aromatic heterocycles. The summed E-state index contributed by atoms with van der Waals surface area (Å²) in [6, 6.07) is 3.31. The second kappa shape index (κ2) is 5.36. The fourth-order valence-corrected chi connectivity index (χ4v) is 1.85. The number of hydrogen-bond donors (Lipinski definition) is 2. The first-order valence-corrected chi connectivity index (χ1v) is 6.10. The third-order valence-electron chi connectivity index (χ3n) is 2.86. The molecule has 0 heterocycles. The molecule has 0 radical (unpaired) electrons. The molecule has 0 unspecified atom stereocenters. The molecule has 1 rings (SSSR count). The molecule has 1 aromatic carbocycles. The topological polar surface area (TPSA) is 68.2 Å². The smallest absolute Gasteiger partial charge is 0.169 e. The molecule has 2 N–H and O–H groups in total. The number of rotatable bonds is 3. The molecule has 0 atom stereocenters. The second-order valence-corrected chi connectivity index (χ2v) is 6.59. The molecule has 0 amide bonds. The van der Waals surface area contributed by atoms with Gasteiger partial charge in [-0.3, -0.25) is 0 Å². The van der Waals surface area contributed by atoms with E-state index in [0.29, 0.717) is 5.75 Å². The molecule has 0 saturated heterocycles. The van der Waals surface area contributed by atoms with Gasteiger partial charge in [0.25, 0.3) is 0 Å². The predicted molar refractivity (Wildman–Crippen MR) is 70.9 cm³/mol. The first-order valence-electron chi connectivity index (χ1n) is 6.10. The maximum absolute atomic E-state index is 10.4. The van der Waals surface area contributed by atoms with E-state index in [1.165, 1.54) is 0 Å². The molecule has 0 aliphatic heterocycles. The molecule has 1 aromatic rings. The maximum atomic E-state index is 10.4. The highest BCUT2D eigenvalue weighted by Crippen LogP contribution is 2.41. The molecule has 0 fully saturated rings. The van der Waals surface area contributed by atoms with Gasteiger partial charge in [-0.15, -0.1) is 0 Å². The van der Waals surface area contributed by atoms with Crippen molar-refractivity contribution in [3.05, 3.63) is 23.3 Å². The Balaban J connectivity index is 3.39. The summed E-state index contributed by atoms with van der Waals surface area (Å²) in [5.74, 6) is 0.596. The second-order valence-electron chi connectivity index (χ2n) is 6.59. The highest BCUT2D eigenvalue weighted by molar-refractivity contribution is 5.51. The Hall–Kier alpha value is -1.30. The molecule has 0 spiro atoms. The lowest BCUT2D eigenvalue weighted by atomic mass is 9.79. The van der Waals surface area contributed by atoms with Crippen molar-refractivity contribution in [2.75, 3.05) is 0 Å². The van der Waals surface area contributed by atoms with Gasteiger partial charge in [0, 0.05) is 16.2 Å². The average molecular weight is 270 g/mol. The van der Waals surface area contributed by atoms with Crippen LogP contribution in [-0.2, 0) is 20.9 Å². The Morgan fingerprint density at radius 3 is 1.63 bits per heavy atom. The Morgan fingerprint density at radius 1 is 0.895 bits per heavy atom. The largest absolute Gasteiger partial charge is 0.507 e. The number of phenols is 1. The zero-order valence-corrected chi connectivity index (χ0v) is 12.3. The molecule has 5 heteroatoms. The molecule has 0 aliphatic carbocycles. The third-order valence-corrected chi connectivity index (χ3v) is 2.86. The van der Waals surface area contributed by atoms with Gasteiger partial charge in [0.2, 0.25) is 0 Å². The van der Waals surface area contributed by atoms with E-state index in [0.717, 1.165) is 11.1 Å². The van der Waals surface area contributed by atoms with E-state index in [4.69, 9.17) is 10.1 Å². The minimum atomic E-state index is -0.260. The summed E-state index contributed by atoms with van der Waals surface area (Å²) in [6.45, 7) is 11.9. The molecular formula is C14H22O5. The Labute approximate surface area is 113 Å². The van der Waals surface area contributed by atoms with Crippen molar-refractivity contribution in [3.63, 3.8) is 0 Å². The van der Waals surface area contributed by atoms with Crippen LogP contribution in [0, 0.1) is 0 Å². The summed E-state index contributed by atoms with van der Waals surface area (Å²) in [5, 5.41) is 26.1. The van der Waals surface area contributed by atoms with Crippen LogP contribution in [0.15, 0.2) is 12.1 Å². The van der Waals surface area contributed by atoms with Gasteiger partial charge in [-0.25, -0.2) is 5.26 Å². The molecule has 0 bridgehead atoms. The number of benzene rings is 1. The highest BCUT2D eigenvalue weighted by atomic mass is 17.6. The minimum Gasteiger partial charge on any atom is -0.507 e. The molecular weight excluding hydrogens is 248 g/mol. The van der Waals surface area contributed by atoms with Gasteiger partial charge < -0.3 is 9.99 Å². The van der Waals surface area contributed by atoms with Crippen LogP contribution in [-0.4, -0.2) is 10.4 Å². The van der Waals surface area contributed by atoms with Gasteiger partial charge in [0.05, 0.1) is 0 Å². The fourth-order valence-electron chi connectivity index (χ4n) is 1.85. The van der Waals surface area contributed by atoms with Crippen LogP contribution in [0.25, 0.3) is 0 Å². The van der Waals surface area contributed by atoms with Gasteiger partial charge in [-0.1, -0.05) is 41.5 Å². The van der Waals surface area contributed by atoms with Crippen molar-refractivity contribution in [3.8, 4) is 11.5 Å². The number of phenolic OH excluding ortho intramolecular Hbond substituents is 1. The van der Waals surface area contributed by atoms with E-state index in [1.54, 1.807) is 12.1 Å². The zero-order chi connectivity index (χ0) is 14.8. The fraction of sp³-hybridized carbons (Fsp3) is 0.571. The quantitative estimate of drug-likeness (QED) is 0.647. The van der Waals surface area contributed by atoms with Gasteiger partial charge >= 0.3 is 0 Å². The van der Waals surface area contributed by atoms with Crippen molar-refractivity contribution >= 4 is 0 Å². The van der Waals surface area contributed by atoms with E-state index >= 15 is 0 Å². The molecule has 0 aliphatic rings. The van der Waals surface area contributed by atoms with Crippen LogP contribution in [0.5, 0.6) is 11.5 Å². The maximum Gasteiger partial charge on any atom is 0.169 e. The SMILES string of the molecule is CC(C)(C)c1cc(OOOO)cc(C(C)(C)C)c1O. The standard InChI is InChI=1S/C14H22O5/c1-13(2,3)10-7-9(17-19-18-16)8-11(12(10)15)14(4,5)6/h7-8,15-16H,1-6H3. The first-order chi connectivity index (χ1) is 8.57. The lowest BCUT2D eigenvalue weighted by Crippen LogP contribution is -2.17. The van der Waals surface area contributed by atoms with Crippen LogP contribution in [0.2, 0.25) is 0 Å². The van der Waals surface area contributed by atoms with Crippen LogP contribution in [0.1, 0.15) is 52.7 Å². The third kappa shape index (κ3) is 3.83. The van der Waals surface area contributed by atoms with Gasteiger partial charge in [-0.2, -0.15) is 0 Å². The first kappa shape index (κ1) is 15.8. The summed E-state index contributed by atoms with van der Waals surface area (Å²) in [7, 11) is 0. The Morgan fingerprint density at radius 2 is 1.32 bits per heavy atom. The lowest BCUT2D eigenvalue weighted by molar-refractivity contribution is -0.594. The molecule has 108 valence electrons. The van der Waals surface area contributed by atoms with Crippen LogP contribution < -0.4 is 4.89 Å². The summed E-state index contributed by atoms with van der Waals surface area (Å²) in [4.78, 5) is 4.80. The van der Waals surface area contributed by atoms with Crippen LogP contribution in [0.4, 0.5) is 0 Å². The van der Waals surface area contributed by atoms with E-state index < -0.39 is 0 Å². The van der Waals surface area contributed by atoms with Crippen LogP contribution in [0.3, 0.4) is 0 Å². The molecule has 0 saturated carbocycles. The van der Waals surface area contributed by atoms with Gasteiger partial charge in [-0.05, 0) is 28.0 Å². The zero-order valence-electron chi connectivity index (χ0n) is 12.3. The number of hydrogen-bond acceptors (Lipinski definition) is 5. The van der Waals surface area contributed by atoms with Crippen molar-refractivity contribution in [1.29, 1.82) is 0 Å². The lowest BCUT2D eigenvalue weighted by Gasteiger charge is -2.27. The monoisotopic (exact) mass is 270 g/mol. The summed E-state index contributed by atoms with van der Waals surface area (Å²) < 4.78 is 0. The summed E-state index contributed by atoms with van der Waals surface area (Å²) in [5.41, 5.74) is 0.945. The van der Waals surface area contributed by atoms with Crippen LogP contribution >= 0.6 is 0 Å². The van der Waals surface area contributed by atoms with E-state index in [9.17, 15) is 5.11 Å². The summed E-state index contributed by atoms with van der Waals surface area (Å²) >= 11 is 0. The molecule has 5 nitrogen and oxygen atoms in total. The van der Waals surface area contributed by atoms with Crippen molar-refractivity contribution < 1.29 is 25.3 Å². The van der Waals surface area contributed by atoms with Crippen molar-refractivity contribution in [1.82, 2.24) is 0 Å². The van der Waals surface area contributed by atoms with E-state index in [-0.39, 0.29) is 16.6 Å². The van der Waals surface area contributed by atoms with Gasteiger partial charge in [0.15, 0.2) is 5.75 Å². The Bertz CT molecular complexity index is 405. The molecule has 19 heavy (non-hydrogen) atoms. The predicted octanol–water partition coefficient (Wildman–Crippen LogP) is 3.70. The minimum absolute atomic E-state index is 0.247. The highest BCUT2D eigenvalue weighted by Gasteiger charge is 2.27. The normalized spacial score (nSPS) is 12.6. The Kier molecular flexibility index (Phi) is 4.45. The van der Waals surface area contributed by atoms with Crippen molar-refractivity contribution in [2.45, 2.75) is 52.4 Å². The van der Waals surface area contributed by atoms with Crippen molar-refractivity contribution in [2.24, 2.45) is 0 Å².